The molecule has 0 spiro atoms. The van der Waals surface area contributed by atoms with E-state index in [1.165, 1.54) is 0 Å². The SMILES string of the molecule is CC(=NO)c1ccccc1OCCOCCC(C)C. The summed E-state index contributed by atoms with van der Waals surface area (Å²) < 4.78 is 11.1. The van der Waals surface area contributed by atoms with Gasteiger partial charge >= 0.3 is 0 Å². The monoisotopic (exact) mass is 265 g/mol. The quantitative estimate of drug-likeness (QED) is 0.339. The van der Waals surface area contributed by atoms with Crippen molar-refractivity contribution < 1.29 is 14.7 Å². The summed E-state index contributed by atoms with van der Waals surface area (Å²) in [5.74, 6) is 1.37. The van der Waals surface area contributed by atoms with Crippen molar-refractivity contribution in [2.45, 2.75) is 27.2 Å². The summed E-state index contributed by atoms with van der Waals surface area (Å²) in [6, 6.07) is 7.50. The highest BCUT2D eigenvalue weighted by molar-refractivity contribution is 6.00. The molecule has 0 unspecified atom stereocenters. The Morgan fingerprint density at radius 2 is 1.95 bits per heavy atom. The molecule has 1 aromatic carbocycles. The van der Waals surface area contributed by atoms with E-state index in [2.05, 4.69) is 19.0 Å². The first-order chi connectivity index (χ1) is 9.15. The lowest BCUT2D eigenvalue weighted by atomic mass is 10.1. The first kappa shape index (κ1) is 15.5. The molecule has 0 atom stereocenters. The molecule has 0 aliphatic carbocycles. The molecule has 0 aromatic heterocycles. The normalized spacial score (nSPS) is 11.9. The van der Waals surface area contributed by atoms with Crippen molar-refractivity contribution in [3.8, 4) is 5.75 Å². The summed E-state index contributed by atoms with van der Waals surface area (Å²) in [6.07, 6.45) is 1.06. The maximum Gasteiger partial charge on any atom is 0.128 e. The van der Waals surface area contributed by atoms with Gasteiger partial charge in [-0.1, -0.05) is 31.1 Å². The van der Waals surface area contributed by atoms with Gasteiger partial charge in [0.25, 0.3) is 0 Å². The van der Waals surface area contributed by atoms with Crippen molar-refractivity contribution in [3.05, 3.63) is 29.8 Å². The highest BCUT2D eigenvalue weighted by Gasteiger charge is 2.06. The molecule has 1 rings (SSSR count). The molecule has 0 saturated carbocycles. The zero-order valence-electron chi connectivity index (χ0n) is 11.9. The first-order valence-electron chi connectivity index (χ1n) is 6.63. The van der Waals surface area contributed by atoms with Gasteiger partial charge in [-0.25, -0.2) is 0 Å². The van der Waals surface area contributed by atoms with Gasteiger partial charge in [0.15, 0.2) is 0 Å². The van der Waals surface area contributed by atoms with E-state index in [9.17, 15) is 0 Å². The van der Waals surface area contributed by atoms with Gasteiger partial charge < -0.3 is 14.7 Å². The molecule has 0 bridgehead atoms. The van der Waals surface area contributed by atoms with E-state index in [4.69, 9.17) is 14.7 Å². The predicted octanol–water partition coefficient (Wildman–Crippen LogP) is 3.33. The molecule has 1 aromatic rings. The summed E-state index contributed by atoms with van der Waals surface area (Å²) >= 11 is 0. The van der Waals surface area contributed by atoms with Gasteiger partial charge in [-0.3, -0.25) is 0 Å². The lowest BCUT2D eigenvalue weighted by Gasteiger charge is -2.11. The fourth-order valence-corrected chi connectivity index (χ4v) is 1.58. The molecule has 19 heavy (non-hydrogen) atoms. The zero-order chi connectivity index (χ0) is 14.1. The minimum atomic E-state index is 0.494. The second-order valence-electron chi connectivity index (χ2n) is 4.82. The lowest BCUT2D eigenvalue weighted by molar-refractivity contribution is 0.0925. The minimum absolute atomic E-state index is 0.494. The molecule has 4 nitrogen and oxygen atoms in total. The topological polar surface area (TPSA) is 51.1 Å². The molecule has 0 amide bonds. The maximum absolute atomic E-state index is 8.81. The molecule has 1 N–H and O–H groups in total. The molecular formula is C15H23NO3. The van der Waals surface area contributed by atoms with Gasteiger partial charge in [0.2, 0.25) is 0 Å². The van der Waals surface area contributed by atoms with Crippen LogP contribution in [0, 0.1) is 5.92 Å². The van der Waals surface area contributed by atoms with Crippen molar-refractivity contribution in [2.75, 3.05) is 19.8 Å². The molecular weight excluding hydrogens is 242 g/mol. The summed E-state index contributed by atoms with van der Waals surface area (Å²) in [7, 11) is 0. The van der Waals surface area contributed by atoms with E-state index in [1.54, 1.807) is 6.92 Å². The van der Waals surface area contributed by atoms with E-state index in [-0.39, 0.29) is 0 Å². The third-order valence-electron chi connectivity index (χ3n) is 2.75. The smallest absolute Gasteiger partial charge is 0.128 e. The van der Waals surface area contributed by atoms with Gasteiger partial charge in [0.05, 0.1) is 12.3 Å². The Morgan fingerprint density at radius 1 is 1.21 bits per heavy atom. The van der Waals surface area contributed by atoms with Crippen molar-refractivity contribution in [1.29, 1.82) is 0 Å². The van der Waals surface area contributed by atoms with Gasteiger partial charge in [-0.2, -0.15) is 0 Å². The molecule has 0 radical (unpaired) electrons. The first-order valence-corrected chi connectivity index (χ1v) is 6.63. The number of hydrogen-bond donors (Lipinski definition) is 1. The fraction of sp³-hybridized carbons (Fsp3) is 0.533. The fourth-order valence-electron chi connectivity index (χ4n) is 1.58. The Morgan fingerprint density at radius 3 is 2.63 bits per heavy atom. The average molecular weight is 265 g/mol. The summed E-state index contributed by atoms with van der Waals surface area (Å²) in [5, 5.41) is 12.0. The minimum Gasteiger partial charge on any atom is -0.490 e. The second kappa shape index (κ2) is 8.53. The molecule has 0 heterocycles. The van der Waals surface area contributed by atoms with Crippen LogP contribution in [0.15, 0.2) is 29.4 Å². The number of benzene rings is 1. The Hall–Kier alpha value is -1.55. The van der Waals surface area contributed by atoms with Crippen LogP contribution in [0.3, 0.4) is 0 Å². The number of oxime groups is 1. The van der Waals surface area contributed by atoms with Crippen molar-refractivity contribution >= 4 is 5.71 Å². The predicted molar refractivity (Wildman–Crippen MR) is 76.2 cm³/mol. The van der Waals surface area contributed by atoms with E-state index >= 15 is 0 Å². The highest BCUT2D eigenvalue weighted by atomic mass is 16.5. The lowest BCUT2D eigenvalue weighted by Crippen LogP contribution is -2.10. The van der Waals surface area contributed by atoms with Crippen LogP contribution in [0.1, 0.15) is 32.8 Å². The van der Waals surface area contributed by atoms with E-state index in [0.29, 0.717) is 30.6 Å². The molecule has 0 saturated heterocycles. The van der Waals surface area contributed by atoms with Crippen molar-refractivity contribution in [1.82, 2.24) is 0 Å². The van der Waals surface area contributed by atoms with Crippen LogP contribution in [0.2, 0.25) is 0 Å². The van der Waals surface area contributed by atoms with Gasteiger partial charge in [0.1, 0.15) is 12.4 Å². The zero-order valence-corrected chi connectivity index (χ0v) is 11.9. The second-order valence-corrected chi connectivity index (χ2v) is 4.82. The number of rotatable bonds is 8. The van der Waals surface area contributed by atoms with E-state index in [1.807, 2.05) is 24.3 Å². The van der Waals surface area contributed by atoms with E-state index < -0.39 is 0 Å². The van der Waals surface area contributed by atoms with Crippen LogP contribution in [0.5, 0.6) is 5.75 Å². The Balaban J connectivity index is 2.37. The van der Waals surface area contributed by atoms with Crippen LogP contribution in [0.25, 0.3) is 0 Å². The number of nitrogens with zero attached hydrogens (tertiary/aromatic N) is 1. The summed E-state index contributed by atoms with van der Waals surface area (Å²) in [6.45, 7) is 7.91. The molecule has 106 valence electrons. The van der Waals surface area contributed by atoms with Gasteiger partial charge in [-0.15, -0.1) is 0 Å². The van der Waals surface area contributed by atoms with Gasteiger partial charge in [-0.05, 0) is 31.4 Å². The molecule has 0 aliphatic heterocycles. The number of para-hydroxylation sites is 1. The molecule has 0 fully saturated rings. The Kier molecular flexibility index (Phi) is 6.97. The summed E-state index contributed by atoms with van der Waals surface area (Å²) in [4.78, 5) is 0. The largest absolute Gasteiger partial charge is 0.490 e. The highest BCUT2D eigenvalue weighted by Crippen LogP contribution is 2.18. The average Bonchev–Trinajstić information content (AvgIpc) is 2.42. The van der Waals surface area contributed by atoms with Crippen LogP contribution in [-0.2, 0) is 4.74 Å². The number of ether oxygens (including phenoxy) is 2. The third-order valence-corrected chi connectivity index (χ3v) is 2.75. The maximum atomic E-state index is 8.81. The van der Waals surface area contributed by atoms with Crippen molar-refractivity contribution in [2.24, 2.45) is 11.1 Å². The summed E-state index contributed by atoms with van der Waals surface area (Å²) in [5.41, 5.74) is 1.34. The molecule has 4 heteroatoms. The third kappa shape index (κ3) is 5.75. The van der Waals surface area contributed by atoms with Crippen LogP contribution < -0.4 is 4.74 Å². The van der Waals surface area contributed by atoms with Crippen LogP contribution >= 0.6 is 0 Å². The van der Waals surface area contributed by atoms with Crippen LogP contribution in [-0.4, -0.2) is 30.7 Å². The molecule has 0 aliphatic rings. The number of hydrogen-bond acceptors (Lipinski definition) is 4. The standard InChI is InChI=1S/C15H23NO3/c1-12(2)8-9-18-10-11-19-15-7-5-4-6-14(15)13(3)16-17/h4-7,12,17H,8-11H2,1-3H3. The Bertz CT molecular complexity index is 402. The van der Waals surface area contributed by atoms with Crippen LogP contribution in [0.4, 0.5) is 0 Å². The Labute approximate surface area is 115 Å². The van der Waals surface area contributed by atoms with Gasteiger partial charge in [0, 0.05) is 12.2 Å². The van der Waals surface area contributed by atoms with Crippen molar-refractivity contribution in [3.63, 3.8) is 0 Å². The van der Waals surface area contributed by atoms with E-state index in [0.717, 1.165) is 18.6 Å².